The molecule has 2 N–H and O–H groups in total. The van der Waals surface area contributed by atoms with E-state index in [-0.39, 0.29) is 18.9 Å². The van der Waals surface area contributed by atoms with Crippen molar-refractivity contribution < 1.29 is 24.6 Å². The number of thiocarbonyl (C=S) groups is 1. The summed E-state index contributed by atoms with van der Waals surface area (Å²) >= 11 is 6.24. The summed E-state index contributed by atoms with van der Waals surface area (Å²) in [6.45, 7) is 0.0518. The Hall–Kier alpha value is -2.45. The van der Waals surface area contributed by atoms with Gasteiger partial charge < -0.3 is 10.2 Å². The molecular weight excluding hydrogens is 350 g/mol. The lowest BCUT2D eigenvalue weighted by atomic mass is 10.1. The first kappa shape index (κ1) is 17.9. The van der Waals surface area contributed by atoms with Crippen molar-refractivity contribution in [3.05, 3.63) is 46.4 Å². The molecule has 1 fully saturated rings. The van der Waals surface area contributed by atoms with Crippen LogP contribution < -0.4 is 0 Å². The Balaban J connectivity index is 2.11. The van der Waals surface area contributed by atoms with Gasteiger partial charge >= 0.3 is 11.9 Å². The maximum Gasteiger partial charge on any atom is 0.328 e. The van der Waals surface area contributed by atoms with Gasteiger partial charge in [-0.15, -0.1) is 0 Å². The minimum Gasteiger partial charge on any atom is -0.481 e. The molecule has 2 rings (SSSR count). The Morgan fingerprint density at radius 1 is 1.17 bits per heavy atom. The van der Waals surface area contributed by atoms with E-state index in [4.69, 9.17) is 22.4 Å². The van der Waals surface area contributed by atoms with Crippen LogP contribution in [0.25, 0.3) is 12.2 Å². The monoisotopic (exact) mass is 363 g/mol. The number of thioether (sulfide) groups is 1. The summed E-state index contributed by atoms with van der Waals surface area (Å²) in [7, 11) is 0. The van der Waals surface area contributed by atoms with Gasteiger partial charge in [-0.1, -0.05) is 48.2 Å². The number of rotatable bonds is 6. The van der Waals surface area contributed by atoms with E-state index in [2.05, 4.69) is 0 Å². The number of benzene rings is 1. The van der Waals surface area contributed by atoms with E-state index >= 15 is 0 Å². The maximum absolute atomic E-state index is 12.3. The highest BCUT2D eigenvalue weighted by molar-refractivity contribution is 8.26. The van der Waals surface area contributed by atoms with Crippen molar-refractivity contribution >= 4 is 58.3 Å². The number of amides is 1. The van der Waals surface area contributed by atoms with E-state index in [1.54, 1.807) is 30.3 Å². The van der Waals surface area contributed by atoms with Crippen LogP contribution in [-0.4, -0.2) is 43.8 Å². The van der Waals surface area contributed by atoms with Crippen LogP contribution in [0.5, 0.6) is 0 Å². The van der Waals surface area contributed by atoms with Crippen LogP contribution >= 0.6 is 24.0 Å². The molecule has 24 heavy (non-hydrogen) atoms. The predicted octanol–water partition coefficient (Wildman–Crippen LogP) is 2.46. The minimum atomic E-state index is -1.02. The molecule has 1 aliphatic heterocycles. The van der Waals surface area contributed by atoms with Crippen LogP contribution in [0.3, 0.4) is 0 Å². The fourth-order valence-corrected chi connectivity index (χ4v) is 3.23. The number of carboxylic acid groups (broad SMARTS) is 2. The lowest BCUT2D eigenvalue weighted by molar-refractivity contribution is -0.137. The van der Waals surface area contributed by atoms with Gasteiger partial charge in [-0.3, -0.25) is 14.5 Å². The van der Waals surface area contributed by atoms with Crippen molar-refractivity contribution in [3.63, 3.8) is 0 Å². The molecule has 0 saturated carbocycles. The molecule has 0 bridgehead atoms. The summed E-state index contributed by atoms with van der Waals surface area (Å²) < 4.78 is 0.341. The normalized spacial score (nSPS) is 16.3. The van der Waals surface area contributed by atoms with Gasteiger partial charge in [0.2, 0.25) is 0 Å². The highest BCUT2D eigenvalue weighted by Crippen LogP contribution is 2.32. The predicted molar refractivity (Wildman–Crippen MR) is 95.2 cm³/mol. The van der Waals surface area contributed by atoms with E-state index in [0.717, 1.165) is 29.0 Å². The standard InChI is InChI=1S/C16H13NO5S2/c18-13(19)6-5-10-1-3-11(4-2-10)9-12-15(22)17(16(23)24-12)8-7-14(20)21/h1-6,9H,7-8H2,(H,18,19)(H,20,21). The van der Waals surface area contributed by atoms with Gasteiger partial charge in [0.25, 0.3) is 5.91 Å². The SMILES string of the molecule is O=C(O)C=Cc1ccc(C=C2SC(=S)N(CCC(=O)O)C2=O)cc1. The fourth-order valence-electron chi connectivity index (χ4n) is 1.92. The molecule has 0 unspecified atom stereocenters. The number of carboxylic acids is 2. The minimum absolute atomic E-state index is 0.0518. The molecule has 0 aromatic heterocycles. The average Bonchev–Trinajstić information content (AvgIpc) is 2.78. The molecule has 1 aliphatic rings. The molecule has 8 heteroatoms. The quantitative estimate of drug-likeness (QED) is 0.592. The van der Waals surface area contributed by atoms with Crippen LogP contribution in [-0.2, 0) is 14.4 Å². The highest BCUT2D eigenvalue weighted by atomic mass is 32.2. The van der Waals surface area contributed by atoms with Crippen molar-refractivity contribution in [1.82, 2.24) is 4.90 Å². The molecule has 1 amide bonds. The Morgan fingerprint density at radius 2 is 1.79 bits per heavy atom. The number of hydrogen-bond donors (Lipinski definition) is 2. The van der Waals surface area contributed by atoms with Gasteiger partial charge in [0.15, 0.2) is 0 Å². The summed E-state index contributed by atoms with van der Waals surface area (Å²) in [5.74, 6) is -2.32. The van der Waals surface area contributed by atoms with Crippen molar-refractivity contribution in [2.24, 2.45) is 0 Å². The van der Waals surface area contributed by atoms with Crippen LogP contribution in [0.15, 0.2) is 35.2 Å². The number of hydrogen-bond acceptors (Lipinski definition) is 5. The second kappa shape index (κ2) is 7.89. The van der Waals surface area contributed by atoms with E-state index in [1.165, 1.54) is 11.0 Å². The van der Waals surface area contributed by atoms with E-state index in [9.17, 15) is 14.4 Å². The maximum atomic E-state index is 12.3. The zero-order chi connectivity index (χ0) is 17.7. The summed E-state index contributed by atoms with van der Waals surface area (Å²) in [5, 5.41) is 17.3. The van der Waals surface area contributed by atoms with Gasteiger partial charge in [-0.25, -0.2) is 4.79 Å². The zero-order valence-corrected chi connectivity index (χ0v) is 14.0. The van der Waals surface area contributed by atoms with Crippen LogP contribution in [0.4, 0.5) is 0 Å². The number of aliphatic carboxylic acids is 2. The summed E-state index contributed by atoms with van der Waals surface area (Å²) in [4.78, 5) is 35.1. The zero-order valence-electron chi connectivity index (χ0n) is 12.3. The number of carbonyl (C=O) groups is 3. The first-order valence-corrected chi connectivity index (χ1v) is 8.07. The fraction of sp³-hybridized carbons (Fsp3) is 0.125. The molecule has 0 aliphatic carbocycles. The molecule has 1 aromatic carbocycles. The second-order valence-electron chi connectivity index (χ2n) is 4.82. The number of nitrogens with zero attached hydrogens (tertiary/aromatic N) is 1. The van der Waals surface area contributed by atoms with Crippen LogP contribution in [0, 0.1) is 0 Å². The number of carbonyl (C=O) groups excluding carboxylic acids is 1. The lowest BCUT2D eigenvalue weighted by Crippen LogP contribution is -2.30. The van der Waals surface area contributed by atoms with Crippen molar-refractivity contribution in [1.29, 1.82) is 0 Å². The Morgan fingerprint density at radius 3 is 2.38 bits per heavy atom. The third-order valence-electron chi connectivity index (χ3n) is 3.08. The Labute approximate surface area is 147 Å². The van der Waals surface area contributed by atoms with E-state index < -0.39 is 11.9 Å². The first-order chi connectivity index (χ1) is 11.4. The molecule has 1 saturated heterocycles. The van der Waals surface area contributed by atoms with Gasteiger partial charge in [0.05, 0.1) is 11.3 Å². The molecule has 124 valence electrons. The molecule has 6 nitrogen and oxygen atoms in total. The average molecular weight is 363 g/mol. The van der Waals surface area contributed by atoms with Gasteiger partial charge in [-0.05, 0) is 23.3 Å². The van der Waals surface area contributed by atoms with E-state index in [1.807, 2.05) is 0 Å². The lowest BCUT2D eigenvalue weighted by Gasteiger charge is -2.12. The van der Waals surface area contributed by atoms with Crippen molar-refractivity contribution in [2.75, 3.05) is 6.54 Å². The molecule has 1 aromatic rings. The molecule has 0 radical (unpaired) electrons. The Kier molecular flexibility index (Phi) is 5.88. The van der Waals surface area contributed by atoms with Gasteiger partial charge in [0.1, 0.15) is 4.32 Å². The molecular formula is C16H13NO5S2. The van der Waals surface area contributed by atoms with Crippen molar-refractivity contribution in [3.8, 4) is 0 Å². The molecule has 1 heterocycles. The van der Waals surface area contributed by atoms with Gasteiger partial charge in [0, 0.05) is 12.6 Å². The van der Waals surface area contributed by atoms with Crippen LogP contribution in [0.2, 0.25) is 0 Å². The topological polar surface area (TPSA) is 94.9 Å². The highest BCUT2D eigenvalue weighted by Gasteiger charge is 2.31. The van der Waals surface area contributed by atoms with Gasteiger partial charge in [-0.2, -0.15) is 0 Å². The first-order valence-electron chi connectivity index (χ1n) is 6.85. The van der Waals surface area contributed by atoms with Crippen molar-refractivity contribution in [2.45, 2.75) is 6.42 Å². The summed E-state index contributed by atoms with van der Waals surface area (Å²) in [6, 6.07) is 6.98. The second-order valence-corrected chi connectivity index (χ2v) is 6.49. The molecule has 0 spiro atoms. The third kappa shape index (κ3) is 4.77. The smallest absolute Gasteiger partial charge is 0.328 e. The largest absolute Gasteiger partial charge is 0.481 e. The van der Waals surface area contributed by atoms with Crippen LogP contribution in [0.1, 0.15) is 17.5 Å². The summed E-state index contributed by atoms with van der Waals surface area (Å²) in [5.41, 5.74) is 1.49. The summed E-state index contributed by atoms with van der Waals surface area (Å²) in [6.07, 6.45) is 4.02. The molecule has 0 atom stereocenters. The third-order valence-corrected chi connectivity index (χ3v) is 4.45. The van der Waals surface area contributed by atoms with E-state index in [0.29, 0.717) is 9.23 Å². The Bertz CT molecular complexity index is 752.